The van der Waals surface area contributed by atoms with Crippen LogP contribution in [-0.4, -0.2) is 44.1 Å². The Bertz CT molecular complexity index is 634. The van der Waals surface area contributed by atoms with Crippen LogP contribution in [0.15, 0.2) is 12.1 Å². The van der Waals surface area contributed by atoms with E-state index < -0.39 is 24.4 Å². The van der Waals surface area contributed by atoms with Crippen molar-refractivity contribution in [1.29, 1.82) is 0 Å². The number of carbonyl (C=O) groups is 3. The molecule has 9 heteroatoms. The van der Waals surface area contributed by atoms with Gasteiger partial charge in [0.15, 0.2) is 18.1 Å². The molecule has 1 heterocycles. The number of ether oxygens (including phenoxy) is 3. The van der Waals surface area contributed by atoms with E-state index >= 15 is 0 Å². The van der Waals surface area contributed by atoms with Crippen molar-refractivity contribution < 1.29 is 28.6 Å². The number of nitrogens with one attached hydrogen (secondary N) is 1. The Hall–Kier alpha value is -2.48. The highest BCUT2D eigenvalue weighted by atomic mass is 35.5. The molecule has 0 spiro atoms. The van der Waals surface area contributed by atoms with Gasteiger partial charge in [-0.1, -0.05) is 11.6 Å². The number of primary amides is 1. The fourth-order valence-corrected chi connectivity index (χ4v) is 2.07. The molecule has 124 valence electrons. The summed E-state index contributed by atoms with van der Waals surface area (Å²) >= 11 is 6.07. The van der Waals surface area contributed by atoms with Crippen molar-refractivity contribution in [2.24, 2.45) is 5.73 Å². The number of carbonyl (C=O) groups excluding carboxylic acids is 3. The second-order valence-corrected chi connectivity index (χ2v) is 5.06. The van der Waals surface area contributed by atoms with Gasteiger partial charge in [-0.05, 0) is 12.1 Å². The zero-order valence-corrected chi connectivity index (χ0v) is 12.9. The van der Waals surface area contributed by atoms with Crippen LogP contribution in [0.4, 0.5) is 0 Å². The molecule has 0 radical (unpaired) electrons. The standard InChI is InChI=1S/C14H15ClN2O6/c15-9-4-8(5-10-13(9)22-3-1-2-21-10)14(20)23-7-12(19)17-6-11(16)18/h4-5H,1-3,6-7H2,(H2,16,18)(H,17,19). The number of esters is 1. The lowest BCUT2D eigenvalue weighted by molar-refractivity contribution is -0.127. The number of halogens is 1. The minimum Gasteiger partial charge on any atom is -0.489 e. The monoisotopic (exact) mass is 342 g/mol. The molecule has 0 fully saturated rings. The molecule has 0 atom stereocenters. The Labute approximate surface area is 136 Å². The lowest BCUT2D eigenvalue weighted by atomic mass is 10.2. The molecule has 8 nitrogen and oxygen atoms in total. The number of nitrogens with two attached hydrogens (primary N) is 1. The summed E-state index contributed by atoms with van der Waals surface area (Å²) in [5.74, 6) is -1.37. The lowest BCUT2D eigenvalue weighted by Gasteiger charge is -2.11. The van der Waals surface area contributed by atoms with E-state index in [9.17, 15) is 14.4 Å². The number of amides is 2. The predicted molar refractivity (Wildman–Crippen MR) is 79.5 cm³/mol. The van der Waals surface area contributed by atoms with Gasteiger partial charge in [0, 0.05) is 6.42 Å². The Morgan fingerprint density at radius 2 is 2.00 bits per heavy atom. The molecule has 0 aromatic heterocycles. The summed E-state index contributed by atoms with van der Waals surface area (Å²) in [5, 5.41) is 2.41. The zero-order valence-electron chi connectivity index (χ0n) is 12.1. The maximum atomic E-state index is 12.0. The minimum atomic E-state index is -0.753. The third kappa shape index (κ3) is 4.75. The van der Waals surface area contributed by atoms with Crippen molar-refractivity contribution in [3.05, 3.63) is 22.7 Å². The topological polar surface area (TPSA) is 117 Å². The summed E-state index contributed by atoms with van der Waals surface area (Å²) in [4.78, 5) is 33.8. The first-order valence-electron chi connectivity index (χ1n) is 6.78. The summed E-state index contributed by atoms with van der Waals surface area (Å²) in [6, 6.07) is 2.81. The maximum absolute atomic E-state index is 12.0. The molecular formula is C14H15ClN2O6. The van der Waals surface area contributed by atoms with E-state index in [0.717, 1.165) is 0 Å². The van der Waals surface area contributed by atoms with Gasteiger partial charge in [0.05, 0.1) is 30.3 Å². The SMILES string of the molecule is NC(=O)CNC(=O)COC(=O)c1cc(Cl)c2c(c1)OCCCO2. The molecule has 0 saturated heterocycles. The Balaban J connectivity index is 2.00. The van der Waals surface area contributed by atoms with Crippen LogP contribution >= 0.6 is 11.6 Å². The number of rotatable bonds is 5. The molecule has 1 aromatic carbocycles. The maximum Gasteiger partial charge on any atom is 0.338 e. The molecule has 0 saturated carbocycles. The highest BCUT2D eigenvalue weighted by Gasteiger charge is 2.19. The number of hydrogen-bond donors (Lipinski definition) is 2. The molecule has 2 rings (SSSR count). The predicted octanol–water partition coefficient (Wildman–Crippen LogP) is 0.260. The zero-order chi connectivity index (χ0) is 16.8. The van der Waals surface area contributed by atoms with E-state index in [1.165, 1.54) is 12.1 Å². The molecular weight excluding hydrogens is 328 g/mol. The van der Waals surface area contributed by atoms with Crippen LogP contribution in [0, 0.1) is 0 Å². The average Bonchev–Trinajstić information content (AvgIpc) is 2.76. The summed E-state index contributed by atoms with van der Waals surface area (Å²) in [7, 11) is 0. The van der Waals surface area contributed by atoms with Crippen LogP contribution in [0.1, 0.15) is 16.8 Å². The van der Waals surface area contributed by atoms with Crippen LogP contribution in [0.2, 0.25) is 5.02 Å². The summed E-state index contributed by atoms with van der Waals surface area (Å²) < 4.78 is 15.8. The fourth-order valence-electron chi connectivity index (χ4n) is 1.80. The third-order valence-corrected chi connectivity index (χ3v) is 3.11. The average molecular weight is 343 g/mol. The second kappa shape index (κ2) is 7.68. The van der Waals surface area contributed by atoms with E-state index in [1.807, 2.05) is 0 Å². The largest absolute Gasteiger partial charge is 0.489 e. The van der Waals surface area contributed by atoms with Gasteiger partial charge < -0.3 is 25.3 Å². The van der Waals surface area contributed by atoms with Crippen LogP contribution in [-0.2, 0) is 14.3 Å². The number of benzene rings is 1. The van der Waals surface area contributed by atoms with Gasteiger partial charge >= 0.3 is 5.97 Å². The first-order chi connectivity index (χ1) is 11.0. The van der Waals surface area contributed by atoms with Gasteiger partial charge in [-0.3, -0.25) is 9.59 Å². The Morgan fingerprint density at radius 1 is 1.26 bits per heavy atom. The van der Waals surface area contributed by atoms with E-state index in [2.05, 4.69) is 5.32 Å². The Kier molecular flexibility index (Phi) is 5.64. The van der Waals surface area contributed by atoms with Gasteiger partial charge in [-0.2, -0.15) is 0 Å². The highest BCUT2D eigenvalue weighted by molar-refractivity contribution is 6.32. The lowest BCUT2D eigenvalue weighted by Crippen LogP contribution is -2.35. The molecule has 0 bridgehead atoms. The number of hydrogen-bond acceptors (Lipinski definition) is 6. The quantitative estimate of drug-likeness (QED) is 0.741. The molecule has 0 unspecified atom stereocenters. The van der Waals surface area contributed by atoms with Gasteiger partial charge in [-0.15, -0.1) is 0 Å². The van der Waals surface area contributed by atoms with Gasteiger partial charge in [0.1, 0.15) is 0 Å². The molecule has 3 N–H and O–H groups in total. The minimum absolute atomic E-state index is 0.127. The summed E-state index contributed by atoms with van der Waals surface area (Å²) in [6.07, 6.45) is 0.699. The molecule has 1 aromatic rings. The summed E-state index contributed by atoms with van der Waals surface area (Å²) in [6.45, 7) is 0.0400. The van der Waals surface area contributed by atoms with Crippen LogP contribution in [0.5, 0.6) is 11.5 Å². The first-order valence-corrected chi connectivity index (χ1v) is 7.16. The van der Waals surface area contributed by atoms with Crippen molar-refractivity contribution in [3.8, 4) is 11.5 Å². The van der Waals surface area contributed by atoms with Crippen molar-refractivity contribution in [1.82, 2.24) is 5.32 Å². The van der Waals surface area contributed by atoms with Gasteiger partial charge in [0.25, 0.3) is 5.91 Å². The first kappa shape index (κ1) is 16.9. The molecule has 1 aliphatic rings. The molecule has 0 aliphatic carbocycles. The van der Waals surface area contributed by atoms with E-state index in [4.69, 9.17) is 31.5 Å². The van der Waals surface area contributed by atoms with Crippen molar-refractivity contribution in [2.45, 2.75) is 6.42 Å². The van der Waals surface area contributed by atoms with Crippen LogP contribution in [0.3, 0.4) is 0 Å². The van der Waals surface area contributed by atoms with Crippen LogP contribution < -0.4 is 20.5 Å². The van der Waals surface area contributed by atoms with Gasteiger partial charge in [-0.25, -0.2) is 4.79 Å². The Morgan fingerprint density at radius 3 is 2.74 bits per heavy atom. The summed E-state index contributed by atoms with van der Waals surface area (Å²) in [5.41, 5.74) is 5.01. The second-order valence-electron chi connectivity index (χ2n) is 4.65. The molecule has 2 amide bonds. The third-order valence-electron chi connectivity index (χ3n) is 2.83. The van der Waals surface area contributed by atoms with Crippen molar-refractivity contribution in [3.63, 3.8) is 0 Å². The fraction of sp³-hybridized carbons (Fsp3) is 0.357. The normalized spacial score (nSPS) is 12.9. The van der Waals surface area contributed by atoms with Crippen molar-refractivity contribution in [2.75, 3.05) is 26.4 Å². The smallest absolute Gasteiger partial charge is 0.338 e. The van der Waals surface area contributed by atoms with E-state index in [1.54, 1.807) is 0 Å². The number of fused-ring (bicyclic) bond motifs is 1. The van der Waals surface area contributed by atoms with Crippen molar-refractivity contribution >= 4 is 29.4 Å². The highest BCUT2D eigenvalue weighted by Crippen LogP contribution is 2.38. The molecule has 23 heavy (non-hydrogen) atoms. The van der Waals surface area contributed by atoms with Crippen LogP contribution in [0.25, 0.3) is 0 Å². The van der Waals surface area contributed by atoms with E-state index in [-0.39, 0.29) is 17.1 Å². The molecule has 1 aliphatic heterocycles. The van der Waals surface area contributed by atoms with E-state index in [0.29, 0.717) is 31.1 Å². The van der Waals surface area contributed by atoms with Gasteiger partial charge in [0.2, 0.25) is 5.91 Å².